The molecule has 2 heterocycles. The average Bonchev–Trinajstić information content (AvgIpc) is 3.02. The van der Waals surface area contributed by atoms with Gasteiger partial charge in [-0.3, -0.25) is 4.79 Å². The summed E-state index contributed by atoms with van der Waals surface area (Å²) in [6.45, 7) is 0. The molecule has 0 spiro atoms. The second-order valence-electron chi connectivity index (χ2n) is 4.12. The Kier molecular flexibility index (Phi) is 3.57. The number of aromatic amines is 1. The predicted molar refractivity (Wildman–Crippen MR) is 76.8 cm³/mol. The van der Waals surface area contributed by atoms with Crippen molar-refractivity contribution in [3.63, 3.8) is 0 Å². The third-order valence-electron chi connectivity index (χ3n) is 2.67. The number of anilines is 1. The van der Waals surface area contributed by atoms with Crippen LogP contribution in [-0.2, 0) is 0 Å². The highest BCUT2D eigenvalue weighted by Gasteiger charge is 2.09. The lowest BCUT2D eigenvalue weighted by atomic mass is 10.2. The minimum Gasteiger partial charge on any atom is -0.321 e. The minimum absolute atomic E-state index is 0.243. The van der Waals surface area contributed by atoms with Crippen LogP contribution in [0.1, 0.15) is 10.5 Å². The number of amides is 1. The quantitative estimate of drug-likeness (QED) is 0.723. The van der Waals surface area contributed by atoms with Crippen LogP contribution < -0.4 is 5.32 Å². The van der Waals surface area contributed by atoms with Crippen LogP contribution in [0.5, 0.6) is 0 Å². The summed E-state index contributed by atoms with van der Waals surface area (Å²) in [7, 11) is 0. The van der Waals surface area contributed by atoms with Crippen molar-refractivity contribution in [1.29, 1.82) is 0 Å². The van der Waals surface area contributed by atoms with Crippen molar-refractivity contribution in [2.24, 2.45) is 0 Å². The number of pyridine rings is 1. The van der Waals surface area contributed by atoms with Gasteiger partial charge >= 0.3 is 0 Å². The molecule has 0 radical (unpaired) electrons. The van der Waals surface area contributed by atoms with E-state index in [0.717, 1.165) is 5.56 Å². The molecule has 0 saturated carbocycles. The molecule has 3 aromatic rings. The van der Waals surface area contributed by atoms with Crippen LogP contribution in [-0.4, -0.2) is 31.5 Å². The first-order valence-electron chi connectivity index (χ1n) is 6.00. The van der Waals surface area contributed by atoms with Crippen molar-refractivity contribution in [3.05, 3.63) is 53.3 Å². The molecule has 0 saturated heterocycles. The van der Waals surface area contributed by atoms with E-state index >= 15 is 0 Å². The fourth-order valence-corrected chi connectivity index (χ4v) is 1.91. The Hall–Kier alpha value is -2.80. The van der Waals surface area contributed by atoms with E-state index in [-0.39, 0.29) is 16.8 Å². The summed E-state index contributed by atoms with van der Waals surface area (Å²) in [5, 5.41) is 16.7. The molecular weight excluding hydrogens is 292 g/mol. The van der Waals surface area contributed by atoms with E-state index in [1.54, 1.807) is 36.4 Å². The molecule has 0 aliphatic carbocycles. The van der Waals surface area contributed by atoms with Gasteiger partial charge in [0.15, 0.2) is 0 Å². The maximum absolute atomic E-state index is 12.1. The first-order chi connectivity index (χ1) is 10.2. The van der Waals surface area contributed by atoms with Gasteiger partial charge in [0.1, 0.15) is 10.8 Å². The Morgan fingerprint density at radius 2 is 2.05 bits per heavy atom. The monoisotopic (exact) mass is 300 g/mol. The highest BCUT2D eigenvalue weighted by Crippen LogP contribution is 2.18. The van der Waals surface area contributed by atoms with Crippen molar-refractivity contribution in [2.75, 3.05) is 5.32 Å². The molecule has 3 rings (SSSR count). The van der Waals surface area contributed by atoms with Crippen molar-refractivity contribution in [1.82, 2.24) is 25.6 Å². The zero-order chi connectivity index (χ0) is 14.7. The Balaban J connectivity index is 1.82. The van der Waals surface area contributed by atoms with Gasteiger partial charge in [-0.05, 0) is 29.5 Å². The molecular formula is C13H9ClN6O. The van der Waals surface area contributed by atoms with E-state index in [4.69, 9.17) is 11.6 Å². The third-order valence-corrected chi connectivity index (χ3v) is 2.88. The predicted octanol–water partition coefficient (Wildman–Crippen LogP) is 2.17. The van der Waals surface area contributed by atoms with E-state index in [1.807, 2.05) is 6.07 Å². The van der Waals surface area contributed by atoms with Gasteiger partial charge in [-0.15, -0.1) is 10.2 Å². The second kappa shape index (κ2) is 5.68. The number of hydrogen-bond acceptors (Lipinski definition) is 5. The highest BCUT2D eigenvalue weighted by molar-refractivity contribution is 6.29. The molecule has 104 valence electrons. The minimum atomic E-state index is -0.345. The Morgan fingerprint density at radius 1 is 1.19 bits per heavy atom. The SMILES string of the molecule is O=C(Nc1cccc(-c2nn[nH]n2)c1)c1cccc(Cl)n1. The van der Waals surface area contributed by atoms with Gasteiger partial charge in [0.05, 0.1) is 0 Å². The molecule has 2 aromatic heterocycles. The fraction of sp³-hybridized carbons (Fsp3) is 0. The largest absolute Gasteiger partial charge is 0.321 e. The van der Waals surface area contributed by atoms with Crippen molar-refractivity contribution < 1.29 is 4.79 Å². The van der Waals surface area contributed by atoms with Crippen molar-refractivity contribution in [2.45, 2.75) is 0 Å². The Morgan fingerprint density at radius 3 is 2.81 bits per heavy atom. The lowest BCUT2D eigenvalue weighted by Crippen LogP contribution is -2.13. The van der Waals surface area contributed by atoms with Gasteiger partial charge in [0.25, 0.3) is 5.91 Å². The molecule has 0 atom stereocenters. The molecule has 0 fully saturated rings. The number of tetrazole rings is 1. The standard InChI is InChI=1S/C13H9ClN6O/c14-11-6-2-5-10(16-11)13(21)15-9-4-1-3-8(7-9)12-17-19-20-18-12/h1-7H,(H,15,21)(H,17,18,19,20). The summed E-state index contributed by atoms with van der Waals surface area (Å²) in [4.78, 5) is 16.0. The number of aromatic nitrogens is 5. The van der Waals surface area contributed by atoms with Crippen LogP contribution in [0, 0.1) is 0 Å². The molecule has 0 aliphatic rings. The molecule has 2 N–H and O–H groups in total. The van der Waals surface area contributed by atoms with Crippen LogP contribution >= 0.6 is 11.6 Å². The summed E-state index contributed by atoms with van der Waals surface area (Å²) in [5.74, 6) is 0.106. The zero-order valence-electron chi connectivity index (χ0n) is 10.6. The summed E-state index contributed by atoms with van der Waals surface area (Å²) >= 11 is 5.77. The Labute approximate surface area is 124 Å². The maximum Gasteiger partial charge on any atom is 0.274 e. The van der Waals surface area contributed by atoms with Gasteiger partial charge in [-0.2, -0.15) is 5.21 Å². The van der Waals surface area contributed by atoms with Gasteiger partial charge in [-0.25, -0.2) is 4.98 Å². The number of H-pyrrole nitrogens is 1. The summed E-state index contributed by atoms with van der Waals surface area (Å²) in [6.07, 6.45) is 0. The number of carbonyl (C=O) groups is 1. The molecule has 0 bridgehead atoms. The average molecular weight is 301 g/mol. The smallest absolute Gasteiger partial charge is 0.274 e. The zero-order valence-corrected chi connectivity index (χ0v) is 11.4. The van der Waals surface area contributed by atoms with Crippen molar-refractivity contribution >= 4 is 23.2 Å². The molecule has 1 aromatic carbocycles. The van der Waals surface area contributed by atoms with Crippen LogP contribution in [0.25, 0.3) is 11.4 Å². The highest BCUT2D eigenvalue weighted by atomic mass is 35.5. The summed E-state index contributed by atoms with van der Waals surface area (Å²) < 4.78 is 0. The normalized spacial score (nSPS) is 10.3. The number of hydrogen-bond donors (Lipinski definition) is 2. The van der Waals surface area contributed by atoms with E-state index in [9.17, 15) is 4.79 Å². The lowest BCUT2D eigenvalue weighted by Gasteiger charge is -2.05. The molecule has 7 nitrogen and oxygen atoms in total. The van der Waals surface area contributed by atoms with Crippen LogP contribution in [0.2, 0.25) is 5.15 Å². The fourth-order valence-electron chi connectivity index (χ4n) is 1.75. The van der Waals surface area contributed by atoms with Gasteiger partial charge in [-0.1, -0.05) is 29.8 Å². The van der Waals surface area contributed by atoms with Gasteiger partial charge in [0.2, 0.25) is 5.82 Å². The number of benzene rings is 1. The van der Waals surface area contributed by atoms with E-state index in [1.165, 1.54) is 0 Å². The van der Waals surface area contributed by atoms with Crippen LogP contribution in [0.3, 0.4) is 0 Å². The van der Waals surface area contributed by atoms with Gasteiger partial charge < -0.3 is 5.32 Å². The van der Waals surface area contributed by atoms with Crippen molar-refractivity contribution in [3.8, 4) is 11.4 Å². The third kappa shape index (κ3) is 3.03. The molecule has 1 amide bonds. The molecule has 21 heavy (non-hydrogen) atoms. The second-order valence-corrected chi connectivity index (χ2v) is 4.50. The summed E-state index contributed by atoms with van der Waals surface area (Å²) in [5.41, 5.74) is 1.58. The lowest BCUT2D eigenvalue weighted by molar-refractivity contribution is 0.102. The van der Waals surface area contributed by atoms with Crippen LogP contribution in [0.15, 0.2) is 42.5 Å². The van der Waals surface area contributed by atoms with Crippen LogP contribution in [0.4, 0.5) is 5.69 Å². The molecule has 0 aliphatic heterocycles. The first kappa shape index (κ1) is 13.2. The van der Waals surface area contributed by atoms with E-state index in [0.29, 0.717) is 11.5 Å². The topological polar surface area (TPSA) is 96.5 Å². The maximum atomic E-state index is 12.1. The number of halogens is 1. The summed E-state index contributed by atoms with van der Waals surface area (Å²) in [6, 6.07) is 12.0. The molecule has 0 unspecified atom stereocenters. The Bertz CT molecular complexity index is 774. The number of rotatable bonds is 3. The van der Waals surface area contributed by atoms with Gasteiger partial charge in [0, 0.05) is 11.3 Å². The molecule has 8 heteroatoms. The number of carbonyl (C=O) groups excluding carboxylic acids is 1. The first-order valence-corrected chi connectivity index (χ1v) is 6.38. The van der Waals surface area contributed by atoms with E-state index in [2.05, 4.69) is 30.9 Å². The number of nitrogens with zero attached hydrogens (tertiary/aromatic N) is 4. The van der Waals surface area contributed by atoms with E-state index < -0.39 is 0 Å². The number of nitrogens with one attached hydrogen (secondary N) is 2.